The fourth-order valence-electron chi connectivity index (χ4n) is 1.11. The molecular formula is C10H12F2N2O3. The zero-order valence-electron chi connectivity index (χ0n) is 9.06. The summed E-state index contributed by atoms with van der Waals surface area (Å²) in [6.07, 6.45) is -3.28. The van der Waals surface area contributed by atoms with Crippen LogP contribution in [0.1, 0.15) is 10.4 Å². The van der Waals surface area contributed by atoms with Gasteiger partial charge in [-0.3, -0.25) is 0 Å². The van der Waals surface area contributed by atoms with E-state index in [0.717, 1.165) is 0 Å². The number of aliphatic hydroxyl groups is 1. The van der Waals surface area contributed by atoms with Crippen LogP contribution in [0, 0.1) is 0 Å². The second-order valence-electron chi connectivity index (χ2n) is 3.17. The molecule has 0 saturated heterocycles. The Morgan fingerprint density at radius 2 is 2.35 bits per heavy atom. The molecule has 0 aliphatic heterocycles. The number of methoxy groups -OCH3 is 1. The van der Waals surface area contributed by atoms with E-state index < -0.39 is 25.0 Å². The Labute approximate surface area is 96.4 Å². The summed E-state index contributed by atoms with van der Waals surface area (Å²) in [5.41, 5.74) is 0.122. The minimum absolute atomic E-state index is 0.0963. The summed E-state index contributed by atoms with van der Waals surface area (Å²) < 4.78 is 28.6. The van der Waals surface area contributed by atoms with Crippen LogP contribution < -0.4 is 5.32 Å². The fraction of sp³-hybridized carbons (Fsp3) is 0.400. The van der Waals surface area contributed by atoms with Crippen molar-refractivity contribution in [2.45, 2.75) is 12.5 Å². The first-order valence-corrected chi connectivity index (χ1v) is 4.79. The van der Waals surface area contributed by atoms with Crippen LogP contribution in [-0.2, 0) is 4.74 Å². The van der Waals surface area contributed by atoms with E-state index in [1.54, 1.807) is 0 Å². The number of rotatable bonds is 5. The van der Waals surface area contributed by atoms with Crippen molar-refractivity contribution in [3.05, 3.63) is 23.9 Å². The summed E-state index contributed by atoms with van der Waals surface area (Å²) in [7, 11) is 1.20. The molecule has 5 nitrogen and oxygen atoms in total. The van der Waals surface area contributed by atoms with Gasteiger partial charge in [-0.05, 0) is 12.1 Å². The first-order valence-electron chi connectivity index (χ1n) is 4.79. The summed E-state index contributed by atoms with van der Waals surface area (Å²) in [4.78, 5) is 15.1. The van der Waals surface area contributed by atoms with Crippen molar-refractivity contribution in [1.82, 2.24) is 4.98 Å². The highest BCUT2D eigenvalue weighted by molar-refractivity contribution is 5.94. The number of aliphatic hydroxyl groups excluding tert-OH is 1. The molecule has 1 aromatic rings. The fourth-order valence-corrected chi connectivity index (χ4v) is 1.11. The van der Waals surface area contributed by atoms with Crippen LogP contribution in [0.2, 0.25) is 0 Å². The molecule has 1 rings (SSSR count). The number of halogens is 2. The molecule has 1 heterocycles. The van der Waals surface area contributed by atoms with Gasteiger partial charge in [-0.1, -0.05) is 0 Å². The molecule has 0 spiro atoms. The Morgan fingerprint density at radius 1 is 1.65 bits per heavy atom. The maximum absolute atomic E-state index is 12.1. The Bertz CT molecular complexity index is 388. The summed E-state index contributed by atoms with van der Waals surface area (Å²) in [5.74, 6) is -0.536. The summed E-state index contributed by atoms with van der Waals surface area (Å²) in [6, 6.07) is 2.96. The maximum Gasteiger partial charge on any atom is 0.341 e. The number of anilines is 1. The summed E-state index contributed by atoms with van der Waals surface area (Å²) >= 11 is 0. The number of nitrogens with zero attached hydrogens (tertiary/aromatic N) is 1. The van der Waals surface area contributed by atoms with Crippen molar-refractivity contribution in [3.63, 3.8) is 0 Å². The molecule has 7 heteroatoms. The molecule has 0 radical (unpaired) electrons. The van der Waals surface area contributed by atoms with Gasteiger partial charge in [-0.2, -0.15) is 0 Å². The number of carbonyl (C=O) groups is 1. The minimum Gasteiger partial charge on any atom is -0.465 e. The highest BCUT2D eigenvalue weighted by Gasteiger charge is 2.18. The predicted molar refractivity (Wildman–Crippen MR) is 56.1 cm³/mol. The van der Waals surface area contributed by atoms with Gasteiger partial charge in [-0.15, -0.1) is 0 Å². The third kappa shape index (κ3) is 3.63. The van der Waals surface area contributed by atoms with Gasteiger partial charge in [0.2, 0.25) is 0 Å². The van der Waals surface area contributed by atoms with Crippen molar-refractivity contribution in [1.29, 1.82) is 0 Å². The predicted octanol–water partition coefficient (Wildman–Crippen LogP) is 0.906. The smallest absolute Gasteiger partial charge is 0.341 e. The van der Waals surface area contributed by atoms with E-state index in [-0.39, 0.29) is 11.4 Å². The van der Waals surface area contributed by atoms with Gasteiger partial charge in [0.1, 0.15) is 17.5 Å². The second kappa shape index (κ2) is 6.09. The normalized spacial score (nSPS) is 12.3. The van der Waals surface area contributed by atoms with Crippen LogP contribution in [0.5, 0.6) is 0 Å². The largest absolute Gasteiger partial charge is 0.465 e. The quantitative estimate of drug-likeness (QED) is 0.755. The van der Waals surface area contributed by atoms with Gasteiger partial charge in [0.25, 0.3) is 6.43 Å². The van der Waals surface area contributed by atoms with Gasteiger partial charge < -0.3 is 15.2 Å². The van der Waals surface area contributed by atoms with Crippen molar-refractivity contribution in [3.8, 4) is 0 Å². The maximum atomic E-state index is 12.1. The lowest BCUT2D eigenvalue weighted by molar-refractivity contribution is 0.00379. The SMILES string of the molecule is COC(=O)c1cccnc1NCC(O)C(F)F. The molecule has 94 valence electrons. The van der Waals surface area contributed by atoms with E-state index in [0.29, 0.717) is 0 Å². The van der Waals surface area contributed by atoms with E-state index in [9.17, 15) is 13.6 Å². The Kier molecular flexibility index (Phi) is 4.77. The van der Waals surface area contributed by atoms with Gasteiger partial charge in [0, 0.05) is 12.7 Å². The number of ether oxygens (including phenoxy) is 1. The number of hydrogen-bond acceptors (Lipinski definition) is 5. The van der Waals surface area contributed by atoms with Crippen LogP contribution in [0.25, 0.3) is 0 Å². The van der Waals surface area contributed by atoms with Gasteiger partial charge >= 0.3 is 5.97 Å². The minimum atomic E-state index is -2.85. The monoisotopic (exact) mass is 246 g/mol. The Morgan fingerprint density at radius 3 is 2.94 bits per heavy atom. The molecule has 1 atom stereocenters. The average Bonchev–Trinajstić information content (AvgIpc) is 2.35. The van der Waals surface area contributed by atoms with Crippen LogP contribution in [0.15, 0.2) is 18.3 Å². The van der Waals surface area contributed by atoms with Crippen molar-refractivity contribution in [2.24, 2.45) is 0 Å². The zero-order valence-corrected chi connectivity index (χ0v) is 9.06. The third-order valence-electron chi connectivity index (χ3n) is 1.98. The lowest BCUT2D eigenvalue weighted by Gasteiger charge is -2.12. The molecule has 0 aliphatic carbocycles. The van der Waals surface area contributed by atoms with Crippen molar-refractivity contribution >= 4 is 11.8 Å². The van der Waals surface area contributed by atoms with Crippen LogP contribution in [0.3, 0.4) is 0 Å². The lowest BCUT2D eigenvalue weighted by Crippen LogP contribution is -2.27. The van der Waals surface area contributed by atoms with Crippen molar-refractivity contribution < 1.29 is 23.4 Å². The van der Waals surface area contributed by atoms with Gasteiger partial charge in [0.15, 0.2) is 0 Å². The van der Waals surface area contributed by atoms with E-state index in [4.69, 9.17) is 5.11 Å². The summed E-state index contributed by atoms with van der Waals surface area (Å²) in [6.45, 7) is -0.404. The number of aromatic nitrogens is 1. The molecule has 1 unspecified atom stereocenters. The highest BCUT2D eigenvalue weighted by atomic mass is 19.3. The third-order valence-corrected chi connectivity index (χ3v) is 1.98. The number of esters is 1. The number of nitrogens with one attached hydrogen (secondary N) is 1. The molecule has 0 amide bonds. The standard InChI is InChI=1S/C10H12F2N2O3/c1-17-10(16)6-3-2-4-13-9(6)14-5-7(15)8(11)12/h2-4,7-8,15H,5H2,1H3,(H,13,14). The van der Waals surface area contributed by atoms with Gasteiger partial charge in [-0.25, -0.2) is 18.6 Å². The number of hydrogen-bond donors (Lipinski definition) is 2. The van der Waals surface area contributed by atoms with E-state index in [2.05, 4.69) is 15.0 Å². The molecule has 1 aromatic heterocycles. The summed E-state index contributed by atoms with van der Waals surface area (Å²) in [5, 5.41) is 11.4. The molecular weight excluding hydrogens is 234 g/mol. The van der Waals surface area contributed by atoms with E-state index in [1.165, 1.54) is 25.4 Å². The Hall–Kier alpha value is -1.76. The number of alkyl halides is 2. The van der Waals surface area contributed by atoms with Crippen LogP contribution in [0.4, 0.5) is 14.6 Å². The Balaban J connectivity index is 2.74. The average molecular weight is 246 g/mol. The molecule has 17 heavy (non-hydrogen) atoms. The first kappa shape index (κ1) is 13.3. The first-order chi connectivity index (χ1) is 8.06. The zero-order chi connectivity index (χ0) is 12.8. The van der Waals surface area contributed by atoms with Crippen molar-refractivity contribution in [2.75, 3.05) is 19.0 Å². The molecule has 2 N–H and O–H groups in total. The lowest BCUT2D eigenvalue weighted by atomic mass is 10.2. The van der Waals surface area contributed by atoms with E-state index in [1.807, 2.05) is 0 Å². The highest BCUT2D eigenvalue weighted by Crippen LogP contribution is 2.13. The molecule has 0 fully saturated rings. The van der Waals surface area contributed by atoms with Gasteiger partial charge in [0.05, 0.1) is 7.11 Å². The number of carbonyl (C=O) groups excluding carboxylic acids is 1. The number of pyridine rings is 1. The van der Waals surface area contributed by atoms with E-state index >= 15 is 0 Å². The topological polar surface area (TPSA) is 71.5 Å². The van der Waals surface area contributed by atoms with Crippen LogP contribution in [-0.4, -0.2) is 42.2 Å². The molecule has 0 aromatic carbocycles. The van der Waals surface area contributed by atoms with Crippen LogP contribution >= 0.6 is 0 Å². The molecule has 0 saturated carbocycles. The molecule has 0 bridgehead atoms. The molecule has 0 aliphatic rings. The second-order valence-corrected chi connectivity index (χ2v) is 3.17.